The molecule has 0 spiro atoms. The molecule has 1 amide bonds. The molecule has 2 aliphatic heterocycles. The molecule has 0 unspecified atom stereocenters. The lowest BCUT2D eigenvalue weighted by Gasteiger charge is -2.40. The van der Waals surface area contributed by atoms with Crippen molar-refractivity contribution in [3.63, 3.8) is 0 Å². The van der Waals surface area contributed by atoms with Crippen molar-refractivity contribution in [1.82, 2.24) is 4.90 Å². The van der Waals surface area contributed by atoms with Crippen LogP contribution in [0.4, 0.5) is 4.79 Å². The maximum atomic E-state index is 12.7. The molecule has 2 rings (SSSR count). The Morgan fingerprint density at radius 3 is 2.38 bits per heavy atom. The number of nitrogens with zero attached hydrogens (tertiary/aromatic N) is 1. The van der Waals surface area contributed by atoms with Gasteiger partial charge in [0.25, 0.3) is 5.79 Å². The van der Waals surface area contributed by atoms with Gasteiger partial charge in [-0.2, -0.15) is 0 Å². The van der Waals surface area contributed by atoms with Crippen molar-refractivity contribution >= 4 is 43.8 Å². The van der Waals surface area contributed by atoms with Gasteiger partial charge >= 0.3 is 12.1 Å². The first-order valence-corrected chi connectivity index (χ1v) is 10.5. The molecular weight excluding hydrogens is 434 g/mol. The van der Waals surface area contributed by atoms with Crippen LogP contribution < -0.4 is 0 Å². The average Bonchev–Trinajstić information content (AvgIpc) is 2.64. The number of hydrogen-bond acceptors (Lipinski definition) is 8. The molecule has 0 bridgehead atoms. The molecular formula is C15H22BrNO8S. The van der Waals surface area contributed by atoms with Crippen molar-refractivity contribution in [2.24, 2.45) is 0 Å². The summed E-state index contributed by atoms with van der Waals surface area (Å²) >= 11 is 3.05. The summed E-state index contributed by atoms with van der Waals surface area (Å²) in [6, 6.07) is -1.34. The number of ether oxygens (including phenoxy) is 3. The van der Waals surface area contributed by atoms with Crippen molar-refractivity contribution in [1.29, 1.82) is 0 Å². The van der Waals surface area contributed by atoms with Crippen molar-refractivity contribution in [2.75, 3.05) is 6.61 Å². The Morgan fingerprint density at radius 2 is 1.85 bits per heavy atom. The number of amides is 1. The summed E-state index contributed by atoms with van der Waals surface area (Å²) in [7, 11) is -3.81. The number of halogens is 1. The zero-order valence-corrected chi connectivity index (χ0v) is 17.5. The van der Waals surface area contributed by atoms with Crippen LogP contribution in [0.3, 0.4) is 0 Å². The molecule has 26 heavy (non-hydrogen) atoms. The zero-order chi connectivity index (χ0) is 20.1. The van der Waals surface area contributed by atoms with Crippen LogP contribution in [0.15, 0.2) is 0 Å². The van der Waals surface area contributed by atoms with Gasteiger partial charge < -0.3 is 19.1 Å². The quantitative estimate of drug-likeness (QED) is 0.263. The number of hydrogen-bond donors (Lipinski definition) is 0. The Balaban J connectivity index is 2.18. The van der Waals surface area contributed by atoms with Crippen LogP contribution >= 0.6 is 15.9 Å². The Hall–Kier alpha value is -1.36. The third-order valence-electron chi connectivity index (χ3n) is 4.33. The van der Waals surface area contributed by atoms with Crippen LogP contribution in [-0.4, -0.2) is 64.7 Å². The molecule has 0 aromatic heterocycles. The summed E-state index contributed by atoms with van der Waals surface area (Å²) in [5, 5.41) is -1.12. The van der Waals surface area contributed by atoms with Gasteiger partial charge in [-0.1, -0.05) is 22.9 Å². The van der Waals surface area contributed by atoms with Gasteiger partial charge in [-0.15, -0.1) is 0 Å². The van der Waals surface area contributed by atoms with Crippen molar-refractivity contribution in [3.05, 3.63) is 0 Å². The van der Waals surface area contributed by atoms with Gasteiger partial charge in [0.15, 0.2) is 15.2 Å². The maximum absolute atomic E-state index is 12.7. The monoisotopic (exact) mass is 455 g/mol. The average molecular weight is 456 g/mol. The van der Waals surface area contributed by atoms with Crippen LogP contribution in [0.5, 0.6) is 0 Å². The molecule has 0 radical (unpaired) electrons. The molecule has 0 aromatic rings. The summed E-state index contributed by atoms with van der Waals surface area (Å²) in [6.45, 7) is 7.31. The number of alkyl halides is 1. The van der Waals surface area contributed by atoms with Gasteiger partial charge in [0, 0.05) is 13.8 Å². The van der Waals surface area contributed by atoms with E-state index >= 15 is 0 Å². The van der Waals surface area contributed by atoms with E-state index in [1.165, 1.54) is 27.7 Å². The first kappa shape index (κ1) is 20.9. The highest BCUT2D eigenvalue weighted by atomic mass is 79.9. The van der Waals surface area contributed by atoms with Gasteiger partial charge in [0.05, 0.1) is 6.61 Å². The summed E-state index contributed by atoms with van der Waals surface area (Å²) in [4.78, 5) is 36.5. The Morgan fingerprint density at radius 1 is 1.27 bits per heavy atom. The molecule has 2 saturated heterocycles. The summed E-state index contributed by atoms with van der Waals surface area (Å²) in [5.41, 5.74) is 0. The normalized spacial score (nSPS) is 28.8. The molecule has 11 heteroatoms. The van der Waals surface area contributed by atoms with Crippen LogP contribution in [0.1, 0.15) is 41.0 Å². The van der Waals surface area contributed by atoms with E-state index in [1.807, 2.05) is 0 Å². The van der Waals surface area contributed by atoms with Crippen molar-refractivity contribution in [2.45, 2.75) is 67.8 Å². The zero-order valence-electron chi connectivity index (χ0n) is 15.1. The van der Waals surface area contributed by atoms with Gasteiger partial charge in [0.2, 0.25) is 5.91 Å². The summed E-state index contributed by atoms with van der Waals surface area (Å²) in [6.07, 6.45) is -0.420. The standard InChI is InChI=1S/C15H22BrNO8S/c1-6-7-23-13(20)25-15(4,5)24-12(19)9-14(2,3)26(21,22)11-8(16)10(18)17(9)11/h8-9,11H,6-7H2,1-5H3/t8-,9+,11-/m1/s1. The topological polar surface area (TPSA) is 116 Å². The fourth-order valence-corrected chi connectivity index (χ4v) is 6.41. The smallest absolute Gasteiger partial charge is 0.434 e. The third kappa shape index (κ3) is 3.19. The van der Waals surface area contributed by atoms with E-state index in [0.29, 0.717) is 6.42 Å². The minimum absolute atomic E-state index is 0.146. The second kappa shape index (κ2) is 6.66. The first-order valence-electron chi connectivity index (χ1n) is 8.06. The van der Waals surface area contributed by atoms with E-state index in [-0.39, 0.29) is 6.61 Å². The molecule has 0 aromatic carbocycles. The highest BCUT2D eigenvalue weighted by Gasteiger charge is 2.72. The van der Waals surface area contributed by atoms with E-state index < -0.39 is 54.6 Å². The van der Waals surface area contributed by atoms with E-state index in [2.05, 4.69) is 15.9 Å². The molecule has 0 N–H and O–H groups in total. The molecule has 0 saturated carbocycles. The molecule has 0 aliphatic carbocycles. The van der Waals surface area contributed by atoms with Crippen LogP contribution in [0.2, 0.25) is 0 Å². The molecule has 2 fully saturated rings. The number of carbonyl (C=O) groups excluding carboxylic acids is 3. The van der Waals surface area contributed by atoms with E-state index in [1.54, 1.807) is 6.92 Å². The number of sulfone groups is 1. The summed E-state index contributed by atoms with van der Waals surface area (Å²) < 4.78 is 38.7. The van der Waals surface area contributed by atoms with Gasteiger partial charge in [-0.3, -0.25) is 4.79 Å². The molecule has 2 heterocycles. The Bertz CT molecular complexity index is 732. The predicted octanol–water partition coefficient (Wildman–Crippen LogP) is 1.34. The molecule has 148 valence electrons. The maximum Gasteiger partial charge on any atom is 0.511 e. The fraction of sp³-hybridized carbons (Fsp3) is 0.800. The van der Waals surface area contributed by atoms with Crippen LogP contribution in [0.25, 0.3) is 0 Å². The largest absolute Gasteiger partial charge is 0.511 e. The minimum atomic E-state index is -3.81. The van der Waals surface area contributed by atoms with Crippen LogP contribution in [0, 0.1) is 0 Å². The van der Waals surface area contributed by atoms with Crippen molar-refractivity contribution in [3.8, 4) is 0 Å². The number of carbonyl (C=O) groups is 3. The summed E-state index contributed by atoms with van der Waals surface area (Å²) in [5.74, 6) is -3.17. The molecule has 2 aliphatic rings. The van der Waals surface area contributed by atoms with Gasteiger partial charge in [0.1, 0.15) is 15.6 Å². The second-order valence-corrected chi connectivity index (χ2v) is 10.7. The molecule has 3 atom stereocenters. The van der Waals surface area contributed by atoms with Crippen molar-refractivity contribution < 1.29 is 37.0 Å². The lowest BCUT2D eigenvalue weighted by Crippen LogP contribution is -2.65. The van der Waals surface area contributed by atoms with E-state index in [0.717, 1.165) is 4.90 Å². The lowest BCUT2D eigenvalue weighted by atomic mass is 9.98. The predicted molar refractivity (Wildman–Crippen MR) is 93.0 cm³/mol. The highest BCUT2D eigenvalue weighted by molar-refractivity contribution is 9.10. The van der Waals surface area contributed by atoms with Crippen LogP contribution in [-0.2, 0) is 33.6 Å². The molecule has 9 nitrogen and oxygen atoms in total. The Labute approximate surface area is 160 Å². The van der Waals surface area contributed by atoms with Gasteiger partial charge in [-0.25, -0.2) is 18.0 Å². The Kier molecular flexibility index (Phi) is 5.37. The number of β-lactam (4-membered cyclic amide) rings is 1. The number of rotatable bonds is 5. The van der Waals surface area contributed by atoms with Gasteiger partial charge in [-0.05, 0) is 20.3 Å². The second-order valence-electron chi connectivity index (χ2n) is 7.11. The number of esters is 1. The third-order valence-corrected chi connectivity index (χ3v) is 8.39. The SMILES string of the molecule is CCCOC(=O)OC(C)(C)OC(=O)[C@@H]1N2C(=O)[C@@H](Br)[C@H]2S(=O)(=O)C1(C)C. The highest BCUT2D eigenvalue weighted by Crippen LogP contribution is 2.48. The minimum Gasteiger partial charge on any atom is -0.434 e. The first-order chi connectivity index (χ1) is 11.8. The lowest BCUT2D eigenvalue weighted by molar-refractivity contribution is -0.208. The fourth-order valence-electron chi connectivity index (χ4n) is 2.96. The van der Waals surface area contributed by atoms with E-state index in [4.69, 9.17) is 14.2 Å². The number of fused-ring (bicyclic) bond motifs is 1. The van der Waals surface area contributed by atoms with E-state index in [9.17, 15) is 22.8 Å².